The molecule has 0 radical (unpaired) electrons. The maximum absolute atomic E-state index is 12.8. The zero-order chi connectivity index (χ0) is 21.0. The molecule has 0 saturated carbocycles. The summed E-state index contributed by atoms with van der Waals surface area (Å²) in [4.78, 5) is 33.3. The summed E-state index contributed by atoms with van der Waals surface area (Å²) >= 11 is 3.46. The second-order valence-corrected chi connectivity index (χ2v) is 7.16. The molecule has 0 aliphatic rings. The van der Waals surface area contributed by atoms with Crippen LogP contribution in [0.4, 0.5) is 5.82 Å². The number of aliphatic imine (C=N–C) groups is 1. The molecule has 0 atom stereocenters. The number of halogens is 1. The molecule has 152 valence electrons. The number of hydrogen-bond acceptors (Lipinski definition) is 6. The summed E-state index contributed by atoms with van der Waals surface area (Å²) in [5.41, 5.74) is 1.39. The molecule has 3 aromatic rings. The Bertz CT molecular complexity index is 1180. The lowest BCUT2D eigenvalue weighted by atomic mass is 10.2. The summed E-state index contributed by atoms with van der Waals surface area (Å²) in [7, 11) is 3.18. The number of rotatable bonds is 7. The Morgan fingerprint density at radius 1 is 1.45 bits per heavy atom. The number of aryl methyl sites for hydroxylation is 1. The van der Waals surface area contributed by atoms with E-state index in [2.05, 4.69) is 31.2 Å². The van der Waals surface area contributed by atoms with Gasteiger partial charge in [-0.15, -0.1) is 0 Å². The van der Waals surface area contributed by atoms with E-state index in [0.717, 1.165) is 9.86 Å². The Morgan fingerprint density at radius 3 is 2.93 bits per heavy atom. The molecule has 0 aliphatic heterocycles. The van der Waals surface area contributed by atoms with Crippen molar-refractivity contribution in [2.24, 2.45) is 4.99 Å². The Kier molecular flexibility index (Phi) is 6.60. The lowest BCUT2D eigenvalue weighted by Crippen LogP contribution is -2.26. The van der Waals surface area contributed by atoms with Crippen molar-refractivity contribution in [2.45, 2.75) is 19.9 Å². The molecule has 8 nitrogen and oxygen atoms in total. The van der Waals surface area contributed by atoms with Crippen LogP contribution in [-0.4, -0.2) is 42.4 Å². The van der Waals surface area contributed by atoms with Gasteiger partial charge >= 0.3 is 5.69 Å². The predicted molar refractivity (Wildman–Crippen MR) is 117 cm³/mol. The Morgan fingerprint density at radius 2 is 2.24 bits per heavy atom. The SMILES string of the molecule is C/C=C(\C=NC)C(=O)Nc1nc(=O)n(CCCOC)c2c1oc1ccc(Br)cc12. The van der Waals surface area contributed by atoms with Crippen molar-refractivity contribution >= 4 is 55.9 Å². The number of nitrogens with one attached hydrogen (secondary N) is 1. The summed E-state index contributed by atoms with van der Waals surface area (Å²) in [5, 5.41) is 3.43. The minimum absolute atomic E-state index is 0.0779. The Balaban J connectivity index is 2.19. The van der Waals surface area contributed by atoms with Gasteiger partial charge < -0.3 is 14.5 Å². The molecule has 0 spiro atoms. The van der Waals surface area contributed by atoms with Crippen LogP contribution in [0.5, 0.6) is 0 Å². The van der Waals surface area contributed by atoms with Gasteiger partial charge in [0.15, 0.2) is 11.4 Å². The zero-order valence-electron chi connectivity index (χ0n) is 16.4. The van der Waals surface area contributed by atoms with E-state index in [9.17, 15) is 9.59 Å². The van der Waals surface area contributed by atoms with Crippen LogP contribution in [0.15, 0.2) is 48.5 Å². The highest BCUT2D eigenvalue weighted by atomic mass is 79.9. The van der Waals surface area contributed by atoms with Crippen molar-refractivity contribution in [3.8, 4) is 0 Å². The van der Waals surface area contributed by atoms with Gasteiger partial charge in [-0.05, 0) is 31.5 Å². The molecule has 0 bridgehead atoms. The topological polar surface area (TPSA) is 98.7 Å². The van der Waals surface area contributed by atoms with Crippen molar-refractivity contribution in [1.29, 1.82) is 0 Å². The van der Waals surface area contributed by atoms with E-state index in [1.54, 1.807) is 37.8 Å². The summed E-state index contributed by atoms with van der Waals surface area (Å²) in [6.45, 7) is 2.65. The van der Waals surface area contributed by atoms with Gasteiger partial charge in [0.2, 0.25) is 0 Å². The van der Waals surface area contributed by atoms with Crippen LogP contribution >= 0.6 is 15.9 Å². The molecule has 0 aliphatic carbocycles. The number of nitrogens with zero attached hydrogens (tertiary/aromatic N) is 3. The number of aromatic nitrogens is 2. The quantitative estimate of drug-likeness (QED) is 0.330. The second kappa shape index (κ2) is 9.15. The van der Waals surface area contributed by atoms with E-state index in [0.29, 0.717) is 41.8 Å². The van der Waals surface area contributed by atoms with E-state index in [-0.39, 0.29) is 5.82 Å². The summed E-state index contributed by atoms with van der Waals surface area (Å²) in [5.74, 6) is -0.348. The summed E-state index contributed by atoms with van der Waals surface area (Å²) in [6.07, 6.45) is 3.70. The molecule has 3 rings (SSSR count). The Hall–Kier alpha value is -2.78. The number of fused-ring (bicyclic) bond motifs is 3. The number of anilines is 1. The van der Waals surface area contributed by atoms with Crippen molar-refractivity contribution < 1.29 is 13.9 Å². The van der Waals surface area contributed by atoms with Crippen LogP contribution in [0, 0.1) is 0 Å². The van der Waals surface area contributed by atoms with Crippen LogP contribution in [0.2, 0.25) is 0 Å². The molecule has 0 saturated heterocycles. The molecule has 2 heterocycles. The van der Waals surface area contributed by atoms with Gasteiger partial charge in [0.1, 0.15) is 11.1 Å². The third kappa shape index (κ3) is 4.30. The molecule has 1 aromatic carbocycles. The van der Waals surface area contributed by atoms with Crippen LogP contribution in [0.3, 0.4) is 0 Å². The number of hydrogen-bond donors (Lipinski definition) is 1. The smallest absolute Gasteiger partial charge is 0.350 e. The van der Waals surface area contributed by atoms with Gasteiger partial charge in [-0.2, -0.15) is 4.98 Å². The van der Waals surface area contributed by atoms with Crippen LogP contribution < -0.4 is 11.0 Å². The van der Waals surface area contributed by atoms with Crippen LogP contribution in [-0.2, 0) is 16.1 Å². The van der Waals surface area contributed by atoms with Crippen molar-refractivity contribution in [3.05, 3.63) is 44.8 Å². The first-order chi connectivity index (χ1) is 14.0. The van der Waals surface area contributed by atoms with E-state index < -0.39 is 11.6 Å². The van der Waals surface area contributed by atoms with E-state index >= 15 is 0 Å². The van der Waals surface area contributed by atoms with Crippen LogP contribution in [0.25, 0.3) is 22.1 Å². The summed E-state index contributed by atoms with van der Waals surface area (Å²) < 4.78 is 13.5. The highest BCUT2D eigenvalue weighted by Crippen LogP contribution is 2.33. The number of carbonyl (C=O) groups excluding carboxylic acids is 1. The highest BCUT2D eigenvalue weighted by molar-refractivity contribution is 9.10. The van der Waals surface area contributed by atoms with Crippen molar-refractivity contribution in [1.82, 2.24) is 9.55 Å². The number of benzene rings is 1. The number of amides is 1. The number of ether oxygens (including phenoxy) is 1. The van der Waals surface area contributed by atoms with E-state index in [4.69, 9.17) is 9.15 Å². The first kappa shape index (κ1) is 20.9. The number of methoxy groups -OCH3 is 1. The lowest BCUT2D eigenvalue weighted by Gasteiger charge is -2.10. The standard InChI is InChI=1S/C20H21BrN4O4/c1-4-12(11-22-2)19(26)23-18-17-16(14-10-13(21)6-7-15(14)29-17)25(20(27)24-18)8-5-9-28-3/h4,6-7,10-11H,5,8-9H2,1-3H3,(H,23,24,26,27)/b12-4+,22-11?. The number of furan rings is 1. The number of carbonyl (C=O) groups is 1. The maximum Gasteiger partial charge on any atom is 0.350 e. The average Bonchev–Trinajstić information content (AvgIpc) is 3.07. The first-order valence-corrected chi connectivity index (χ1v) is 9.80. The minimum Gasteiger partial charge on any atom is -0.450 e. The molecular weight excluding hydrogens is 440 g/mol. The highest BCUT2D eigenvalue weighted by Gasteiger charge is 2.20. The van der Waals surface area contributed by atoms with Gasteiger partial charge in [0.05, 0.1) is 5.57 Å². The molecule has 9 heteroatoms. The van der Waals surface area contributed by atoms with E-state index in [1.165, 1.54) is 6.21 Å². The molecule has 29 heavy (non-hydrogen) atoms. The molecule has 1 N–H and O–H groups in total. The monoisotopic (exact) mass is 460 g/mol. The van der Waals surface area contributed by atoms with Gasteiger partial charge in [0, 0.05) is 43.4 Å². The molecular formula is C20H21BrN4O4. The number of allylic oxidation sites excluding steroid dienone is 1. The maximum atomic E-state index is 12.8. The van der Waals surface area contributed by atoms with Gasteiger partial charge in [-0.3, -0.25) is 14.4 Å². The van der Waals surface area contributed by atoms with Crippen molar-refractivity contribution in [2.75, 3.05) is 26.1 Å². The Labute approximate surface area is 175 Å². The van der Waals surface area contributed by atoms with Gasteiger partial charge in [-0.1, -0.05) is 22.0 Å². The molecule has 0 fully saturated rings. The van der Waals surface area contributed by atoms with E-state index in [1.807, 2.05) is 12.1 Å². The molecule has 2 aromatic heterocycles. The largest absolute Gasteiger partial charge is 0.450 e. The predicted octanol–water partition coefficient (Wildman–Crippen LogP) is 3.53. The molecule has 1 amide bonds. The average molecular weight is 461 g/mol. The fourth-order valence-electron chi connectivity index (χ4n) is 3.03. The van der Waals surface area contributed by atoms with Gasteiger partial charge in [0.25, 0.3) is 5.91 Å². The molecule has 0 unspecified atom stereocenters. The normalized spacial score (nSPS) is 12.3. The summed E-state index contributed by atoms with van der Waals surface area (Å²) in [6, 6.07) is 5.52. The fourth-order valence-corrected chi connectivity index (χ4v) is 3.39. The third-order valence-electron chi connectivity index (χ3n) is 4.35. The lowest BCUT2D eigenvalue weighted by molar-refractivity contribution is -0.112. The first-order valence-electron chi connectivity index (χ1n) is 9.01. The van der Waals surface area contributed by atoms with Gasteiger partial charge in [-0.25, -0.2) is 4.79 Å². The minimum atomic E-state index is -0.474. The fraction of sp³-hybridized carbons (Fsp3) is 0.300. The van der Waals surface area contributed by atoms with Crippen LogP contribution in [0.1, 0.15) is 13.3 Å². The second-order valence-electron chi connectivity index (χ2n) is 6.25. The zero-order valence-corrected chi connectivity index (χ0v) is 17.9. The third-order valence-corrected chi connectivity index (χ3v) is 4.84. The van der Waals surface area contributed by atoms with Crippen molar-refractivity contribution in [3.63, 3.8) is 0 Å².